The summed E-state index contributed by atoms with van der Waals surface area (Å²) in [5.41, 5.74) is 0. The van der Waals surface area contributed by atoms with E-state index in [1.807, 2.05) is 0 Å². The average Bonchev–Trinajstić information content (AvgIpc) is 1.36. The van der Waals surface area contributed by atoms with E-state index < -0.39 is 0 Å². The first-order chi connectivity index (χ1) is 2.64. The van der Waals surface area contributed by atoms with Crippen LogP contribution in [0.25, 0.3) is 0 Å². The Labute approximate surface area is 87.1 Å². The number of hydrogen-bond acceptors (Lipinski definition) is 0. The number of alkyl halides is 4. The first kappa shape index (κ1) is 12.1. The molecule has 0 N–H and O–H groups in total. The van der Waals surface area contributed by atoms with Gasteiger partial charge in [-0.15, -0.1) is 17.0 Å². The first-order valence-electron chi connectivity index (χ1n) is 1.21. The lowest BCUT2D eigenvalue weighted by Crippen LogP contribution is -1.93. The maximum atomic E-state index is 3.26. The normalized spacial score (nSPS) is 9.43. The minimum absolute atomic E-state index is 0. The first-order valence-corrected chi connectivity index (χ1v) is 4.87. The zero-order valence-electron chi connectivity index (χ0n) is 3.07. The Morgan fingerprint density at radius 1 is 0.714 bits per heavy atom. The highest BCUT2D eigenvalue weighted by atomic mass is 79.9. The molecular weight excluding hydrogens is 424 g/mol. The highest BCUT2D eigenvalue weighted by Crippen LogP contribution is 2.24. The van der Waals surface area contributed by atoms with Gasteiger partial charge in [0.15, 0.2) is 0 Å². The van der Waals surface area contributed by atoms with E-state index in [1.165, 1.54) is 0 Å². The third-order valence-electron chi connectivity index (χ3n) is 0.190. The van der Waals surface area contributed by atoms with Crippen molar-refractivity contribution >= 4 is 80.7 Å². The SMILES string of the molecule is Br.BrC(Br)C(Br)Br. The predicted octanol–water partition coefficient (Wildman–Crippen LogP) is 3.80. The van der Waals surface area contributed by atoms with Crippen molar-refractivity contribution in [2.75, 3.05) is 0 Å². The van der Waals surface area contributed by atoms with E-state index in [9.17, 15) is 0 Å². The topological polar surface area (TPSA) is 0 Å². The number of hydrogen-bond donors (Lipinski definition) is 0. The van der Waals surface area contributed by atoms with E-state index >= 15 is 0 Å². The smallest absolute Gasteiger partial charge is 0.0920 e. The van der Waals surface area contributed by atoms with E-state index in [2.05, 4.69) is 63.7 Å². The molecule has 0 saturated carbocycles. The fourth-order valence-electron chi connectivity index (χ4n) is 0. The van der Waals surface area contributed by atoms with E-state index in [1.54, 1.807) is 0 Å². The van der Waals surface area contributed by atoms with Gasteiger partial charge < -0.3 is 0 Å². The zero-order valence-corrected chi connectivity index (χ0v) is 11.1. The van der Waals surface area contributed by atoms with Crippen LogP contribution in [0.2, 0.25) is 0 Å². The molecule has 0 rings (SSSR count). The second-order valence-electron chi connectivity index (χ2n) is 0.669. The van der Waals surface area contributed by atoms with Crippen molar-refractivity contribution < 1.29 is 0 Å². The molecule has 0 aromatic heterocycles. The summed E-state index contributed by atoms with van der Waals surface area (Å²) >= 11 is 13.0. The van der Waals surface area contributed by atoms with Crippen LogP contribution in [0.1, 0.15) is 0 Å². The molecule has 0 spiro atoms. The average molecular weight is 427 g/mol. The molecule has 0 aliphatic heterocycles. The van der Waals surface area contributed by atoms with Gasteiger partial charge in [-0.2, -0.15) is 0 Å². The second-order valence-corrected chi connectivity index (χ2v) is 7.07. The fourth-order valence-corrected chi connectivity index (χ4v) is 0. The minimum Gasteiger partial charge on any atom is -0.114 e. The highest BCUT2D eigenvalue weighted by Gasteiger charge is 2.04. The van der Waals surface area contributed by atoms with Crippen molar-refractivity contribution in [3.63, 3.8) is 0 Å². The molecule has 0 aromatic rings. The Morgan fingerprint density at radius 3 is 0.857 bits per heavy atom. The van der Waals surface area contributed by atoms with Gasteiger partial charge in [0.05, 0.1) is 7.47 Å². The summed E-state index contributed by atoms with van der Waals surface area (Å²) in [7, 11) is 0. The second kappa shape index (κ2) is 6.52. The Morgan fingerprint density at radius 2 is 0.857 bits per heavy atom. The molecule has 0 aliphatic rings. The molecule has 0 aromatic carbocycles. The van der Waals surface area contributed by atoms with Gasteiger partial charge in [0, 0.05) is 0 Å². The summed E-state index contributed by atoms with van der Waals surface area (Å²) in [4.78, 5) is 0. The summed E-state index contributed by atoms with van der Waals surface area (Å²) in [6.07, 6.45) is 0. The molecule has 46 valence electrons. The quantitative estimate of drug-likeness (QED) is 0.560. The maximum Gasteiger partial charge on any atom is 0.0920 e. The van der Waals surface area contributed by atoms with Crippen molar-refractivity contribution in [3.8, 4) is 0 Å². The third kappa shape index (κ3) is 8.40. The van der Waals surface area contributed by atoms with Crippen LogP contribution in [0, 0.1) is 0 Å². The van der Waals surface area contributed by atoms with Gasteiger partial charge in [0.2, 0.25) is 0 Å². The predicted molar refractivity (Wildman–Crippen MR) is 53.6 cm³/mol. The lowest BCUT2D eigenvalue weighted by molar-refractivity contribution is 1.46. The van der Waals surface area contributed by atoms with Crippen LogP contribution in [-0.4, -0.2) is 7.47 Å². The summed E-state index contributed by atoms with van der Waals surface area (Å²) in [5.74, 6) is 0. The monoisotopic (exact) mass is 422 g/mol. The molecule has 5 heteroatoms. The maximum absolute atomic E-state index is 3.26. The molecule has 7 heavy (non-hydrogen) atoms. The van der Waals surface area contributed by atoms with Crippen LogP contribution in [0.4, 0.5) is 0 Å². The van der Waals surface area contributed by atoms with Crippen molar-refractivity contribution in [1.82, 2.24) is 0 Å². The molecule has 0 heterocycles. The Balaban J connectivity index is 0. The van der Waals surface area contributed by atoms with Gasteiger partial charge in [0.25, 0.3) is 0 Å². The van der Waals surface area contributed by atoms with Crippen molar-refractivity contribution in [2.45, 2.75) is 7.47 Å². The van der Waals surface area contributed by atoms with E-state index in [4.69, 9.17) is 0 Å². The molecule has 0 nitrogen and oxygen atoms in total. The highest BCUT2D eigenvalue weighted by molar-refractivity contribution is 9.29. The molecule has 0 radical (unpaired) electrons. The number of halogens is 5. The summed E-state index contributed by atoms with van der Waals surface area (Å²) < 4.78 is 0.620. The van der Waals surface area contributed by atoms with E-state index in [-0.39, 0.29) is 17.0 Å². The van der Waals surface area contributed by atoms with Crippen molar-refractivity contribution in [3.05, 3.63) is 0 Å². The molecule has 0 unspecified atom stereocenters. The van der Waals surface area contributed by atoms with Crippen LogP contribution in [0.3, 0.4) is 0 Å². The van der Waals surface area contributed by atoms with Crippen LogP contribution >= 0.6 is 80.7 Å². The molecule has 0 fully saturated rings. The van der Waals surface area contributed by atoms with Crippen molar-refractivity contribution in [1.29, 1.82) is 0 Å². The van der Waals surface area contributed by atoms with Crippen LogP contribution in [0.15, 0.2) is 0 Å². The van der Waals surface area contributed by atoms with Gasteiger partial charge in [-0.3, -0.25) is 0 Å². The number of rotatable bonds is 1. The van der Waals surface area contributed by atoms with Gasteiger partial charge in [0.1, 0.15) is 0 Å². The summed E-state index contributed by atoms with van der Waals surface area (Å²) in [6.45, 7) is 0. The fraction of sp³-hybridized carbons (Fsp3) is 1.00. The molecule has 0 saturated heterocycles. The van der Waals surface area contributed by atoms with Gasteiger partial charge >= 0.3 is 0 Å². The lowest BCUT2D eigenvalue weighted by atomic mass is 11.0. The minimum atomic E-state index is 0. The van der Waals surface area contributed by atoms with Crippen LogP contribution in [-0.2, 0) is 0 Å². The van der Waals surface area contributed by atoms with Gasteiger partial charge in [-0.05, 0) is 0 Å². The van der Waals surface area contributed by atoms with Gasteiger partial charge in [-0.25, -0.2) is 0 Å². The Hall–Kier alpha value is 2.40. The molecule has 0 amide bonds. The van der Waals surface area contributed by atoms with Crippen molar-refractivity contribution in [2.24, 2.45) is 0 Å². The van der Waals surface area contributed by atoms with Crippen LogP contribution < -0.4 is 0 Å². The lowest BCUT2D eigenvalue weighted by Gasteiger charge is -1.96. The van der Waals surface area contributed by atoms with Crippen LogP contribution in [0.5, 0.6) is 0 Å². The zero-order chi connectivity index (χ0) is 5.15. The van der Waals surface area contributed by atoms with E-state index in [0.717, 1.165) is 0 Å². The van der Waals surface area contributed by atoms with E-state index in [0.29, 0.717) is 7.47 Å². The Bertz CT molecular complexity index is 27.1. The summed E-state index contributed by atoms with van der Waals surface area (Å²) in [6, 6.07) is 0. The molecule has 0 aliphatic carbocycles. The third-order valence-corrected chi connectivity index (χ3v) is 5.14. The largest absolute Gasteiger partial charge is 0.114 e. The molecule has 0 bridgehead atoms. The standard InChI is InChI=1S/C2H2Br4.BrH/c3-1(4)2(5)6;/h1-2H;1H. The van der Waals surface area contributed by atoms with Gasteiger partial charge in [-0.1, -0.05) is 63.7 Å². The Kier molecular flexibility index (Phi) is 11.3. The molecular formula is C2H3Br5. The summed E-state index contributed by atoms with van der Waals surface area (Å²) in [5, 5.41) is 0. The molecule has 0 atom stereocenters.